The number of anilines is 1. The number of rotatable bonds is 9. The van der Waals surface area contributed by atoms with E-state index in [1.807, 2.05) is 0 Å². The second-order valence-electron chi connectivity index (χ2n) is 11.7. The summed E-state index contributed by atoms with van der Waals surface area (Å²) in [5.74, 6) is -1.04. The summed E-state index contributed by atoms with van der Waals surface area (Å²) in [6, 6.07) is 12.9. The number of benzene rings is 2. The summed E-state index contributed by atoms with van der Waals surface area (Å²) < 4.78 is 27.7. The largest absolute Gasteiger partial charge is 0.390 e. The first-order valence-electron chi connectivity index (χ1n) is 13.7. The number of carbonyl (C=O) groups excluding carboxylic acids is 1. The van der Waals surface area contributed by atoms with Crippen LogP contribution in [-0.2, 0) is 22.2 Å². The molecule has 1 amide bonds. The number of halogens is 2. The van der Waals surface area contributed by atoms with Gasteiger partial charge in [-0.05, 0) is 59.6 Å². The van der Waals surface area contributed by atoms with Crippen LogP contribution in [0.4, 0.5) is 14.7 Å². The molecule has 1 aromatic heterocycles. The van der Waals surface area contributed by atoms with Gasteiger partial charge in [-0.3, -0.25) is 4.79 Å². The molecule has 1 saturated heterocycles. The van der Waals surface area contributed by atoms with Gasteiger partial charge < -0.3 is 20.6 Å². The summed E-state index contributed by atoms with van der Waals surface area (Å²) in [4.78, 5) is 22.9. The molecule has 0 saturated carbocycles. The fourth-order valence-electron chi connectivity index (χ4n) is 5.36. The molecule has 3 aromatic rings. The molecule has 0 aliphatic carbocycles. The normalized spacial score (nSPS) is 16.8. The zero-order valence-electron chi connectivity index (χ0n) is 23.6. The van der Waals surface area contributed by atoms with Gasteiger partial charge >= 0.3 is 0 Å². The van der Waals surface area contributed by atoms with Crippen LogP contribution in [0.1, 0.15) is 57.2 Å². The van der Waals surface area contributed by atoms with E-state index in [0.717, 1.165) is 24.5 Å². The van der Waals surface area contributed by atoms with Gasteiger partial charge in [0.15, 0.2) is 0 Å². The second kappa shape index (κ2) is 12.4. The third-order valence-corrected chi connectivity index (χ3v) is 7.61. The van der Waals surface area contributed by atoms with Crippen molar-refractivity contribution in [1.29, 1.82) is 0 Å². The highest BCUT2D eigenvalue weighted by Crippen LogP contribution is 2.36. The molecule has 0 radical (unpaired) electrons. The molecule has 9 heteroatoms. The first kappa shape index (κ1) is 29.6. The van der Waals surface area contributed by atoms with Crippen LogP contribution in [0.25, 0.3) is 0 Å². The van der Waals surface area contributed by atoms with E-state index in [9.17, 15) is 18.7 Å². The lowest BCUT2D eigenvalue weighted by atomic mass is 9.77. The minimum atomic E-state index is -1.01. The third-order valence-electron chi connectivity index (χ3n) is 7.61. The molecular weight excluding hydrogens is 512 g/mol. The highest BCUT2D eigenvalue weighted by atomic mass is 19.1. The minimum Gasteiger partial charge on any atom is -0.390 e. The van der Waals surface area contributed by atoms with Crippen molar-refractivity contribution in [3.63, 3.8) is 0 Å². The molecule has 1 fully saturated rings. The molecule has 2 heterocycles. The maximum Gasteiger partial charge on any atom is 0.225 e. The molecule has 0 spiro atoms. The number of piperidine rings is 1. The van der Waals surface area contributed by atoms with Gasteiger partial charge in [-0.15, -0.1) is 0 Å². The van der Waals surface area contributed by atoms with Crippen molar-refractivity contribution >= 4 is 11.9 Å². The lowest BCUT2D eigenvalue weighted by Gasteiger charge is -2.44. The molecule has 7 nitrogen and oxygen atoms in total. The molecule has 3 N–H and O–H groups in total. The first-order chi connectivity index (χ1) is 18.9. The van der Waals surface area contributed by atoms with Crippen molar-refractivity contribution in [3.05, 3.63) is 89.2 Å². The second-order valence-corrected chi connectivity index (χ2v) is 11.7. The molecule has 2 atom stereocenters. The predicted octanol–water partition coefficient (Wildman–Crippen LogP) is 4.25. The quantitative estimate of drug-likeness (QED) is 0.369. The van der Waals surface area contributed by atoms with Gasteiger partial charge in [-0.2, -0.15) is 0 Å². The average molecular weight is 552 g/mol. The van der Waals surface area contributed by atoms with Crippen LogP contribution in [0.5, 0.6) is 0 Å². The number of hydrogen-bond acceptors (Lipinski definition) is 6. The van der Waals surface area contributed by atoms with Crippen LogP contribution in [0.2, 0.25) is 0 Å². The molecule has 214 valence electrons. The van der Waals surface area contributed by atoms with Crippen LogP contribution in [0, 0.1) is 11.6 Å². The molecule has 0 unspecified atom stereocenters. The molecule has 1 aliphatic heterocycles. The number of nitrogens with one attached hydrogen (secondary N) is 2. The maximum atomic E-state index is 13.8. The van der Waals surface area contributed by atoms with Crippen molar-refractivity contribution in [2.45, 2.75) is 70.1 Å². The lowest BCUT2D eigenvalue weighted by Crippen LogP contribution is -2.56. The highest BCUT2D eigenvalue weighted by molar-refractivity contribution is 5.73. The number of nitrogens with zero attached hydrogens (tertiary/aromatic N) is 3. The summed E-state index contributed by atoms with van der Waals surface area (Å²) >= 11 is 0. The Morgan fingerprint density at radius 3 is 2.30 bits per heavy atom. The number of aliphatic hydroxyl groups excluding tert-OH is 1. The van der Waals surface area contributed by atoms with Gasteiger partial charge in [0.1, 0.15) is 11.6 Å². The van der Waals surface area contributed by atoms with Crippen molar-refractivity contribution in [1.82, 2.24) is 20.6 Å². The third kappa shape index (κ3) is 7.40. The highest BCUT2D eigenvalue weighted by Gasteiger charge is 2.38. The van der Waals surface area contributed by atoms with E-state index in [2.05, 4.69) is 70.5 Å². The van der Waals surface area contributed by atoms with Gasteiger partial charge in [0.05, 0.1) is 12.1 Å². The van der Waals surface area contributed by atoms with Gasteiger partial charge in [-0.25, -0.2) is 18.7 Å². The Kier molecular flexibility index (Phi) is 9.15. The van der Waals surface area contributed by atoms with Crippen LogP contribution < -0.4 is 15.5 Å². The average Bonchev–Trinajstić information content (AvgIpc) is 2.91. The Bertz CT molecular complexity index is 1270. The smallest absolute Gasteiger partial charge is 0.225 e. The lowest BCUT2D eigenvalue weighted by molar-refractivity contribution is -0.120. The van der Waals surface area contributed by atoms with Crippen LogP contribution >= 0.6 is 0 Å². The summed E-state index contributed by atoms with van der Waals surface area (Å²) in [5, 5.41) is 17.7. The van der Waals surface area contributed by atoms with E-state index in [-0.39, 0.29) is 24.3 Å². The van der Waals surface area contributed by atoms with E-state index in [1.165, 1.54) is 24.6 Å². The van der Waals surface area contributed by atoms with Crippen molar-refractivity contribution in [3.8, 4) is 0 Å². The number of carbonyl (C=O) groups is 1. The molecule has 4 rings (SSSR count). The fourth-order valence-corrected chi connectivity index (χ4v) is 5.36. The van der Waals surface area contributed by atoms with E-state index < -0.39 is 29.3 Å². The molecule has 0 bridgehead atoms. The topological polar surface area (TPSA) is 90.4 Å². The minimum absolute atomic E-state index is 0.0357. The van der Waals surface area contributed by atoms with Crippen molar-refractivity contribution < 1.29 is 18.7 Å². The molecular formula is C31H39F2N5O2. The molecule has 1 aliphatic rings. The molecule has 40 heavy (non-hydrogen) atoms. The van der Waals surface area contributed by atoms with Gasteiger partial charge in [-0.1, -0.05) is 45.0 Å². The number of hydrogen-bond donors (Lipinski definition) is 3. The van der Waals surface area contributed by atoms with Gasteiger partial charge in [0.25, 0.3) is 0 Å². The van der Waals surface area contributed by atoms with Crippen LogP contribution in [0.15, 0.2) is 60.9 Å². The maximum absolute atomic E-state index is 13.8. The molecule has 2 aromatic carbocycles. The van der Waals surface area contributed by atoms with E-state index >= 15 is 0 Å². The van der Waals surface area contributed by atoms with Crippen molar-refractivity contribution in [2.75, 3.05) is 24.5 Å². The zero-order valence-corrected chi connectivity index (χ0v) is 23.6. The number of amides is 1. The number of aromatic nitrogens is 2. The Labute approximate surface area is 235 Å². The van der Waals surface area contributed by atoms with Gasteiger partial charge in [0, 0.05) is 50.6 Å². The van der Waals surface area contributed by atoms with E-state index in [0.29, 0.717) is 24.6 Å². The summed E-state index contributed by atoms with van der Waals surface area (Å²) in [7, 11) is 0. The number of aliphatic hydroxyl groups is 1. The summed E-state index contributed by atoms with van der Waals surface area (Å²) in [5.41, 5.74) is 2.22. The predicted molar refractivity (Wildman–Crippen MR) is 152 cm³/mol. The zero-order chi connectivity index (χ0) is 28.9. The van der Waals surface area contributed by atoms with E-state index in [1.54, 1.807) is 18.5 Å². The van der Waals surface area contributed by atoms with Crippen LogP contribution in [-0.4, -0.2) is 52.8 Å². The Morgan fingerprint density at radius 2 is 1.70 bits per heavy atom. The fraction of sp³-hybridized carbons (Fsp3) is 0.452. The summed E-state index contributed by atoms with van der Waals surface area (Å²) in [6.07, 6.45) is 4.03. The van der Waals surface area contributed by atoms with Crippen molar-refractivity contribution in [2.24, 2.45) is 0 Å². The Balaban J connectivity index is 1.57. The first-order valence-corrected chi connectivity index (χ1v) is 13.7. The Morgan fingerprint density at radius 1 is 1.05 bits per heavy atom. The van der Waals surface area contributed by atoms with Crippen LogP contribution in [0.3, 0.4) is 0 Å². The van der Waals surface area contributed by atoms with E-state index in [4.69, 9.17) is 0 Å². The Hall–Kier alpha value is -3.43. The SMILES string of the molecule is CC(=O)N[C@@H](Cc1cc(F)cc(F)c1)[C@H](O)CNC1(c2cccc(C(C)(C)C)c2)CCN(c2ncccn2)CC1. The van der Waals surface area contributed by atoms with Gasteiger partial charge in [0.2, 0.25) is 11.9 Å². The summed E-state index contributed by atoms with van der Waals surface area (Å²) in [6.45, 7) is 9.50. The standard InChI is InChI=1S/C31H39F2N5O2/c1-21(39)37-27(17-22-15-25(32)19-26(33)16-22)28(40)20-36-31(24-8-5-7-23(18-24)30(2,3)4)9-13-38(14-10-31)29-34-11-6-12-35-29/h5-8,11-12,15-16,18-19,27-28,36,40H,9-10,13-14,17,20H2,1-4H3,(H,37,39)/t27-,28+/m0/s1. The monoisotopic (exact) mass is 551 g/mol.